The highest BCUT2D eigenvalue weighted by molar-refractivity contribution is 7.71. The molecular weight excluding hydrogens is 172 g/mol. The minimum atomic E-state index is 0.474. The zero-order valence-electron chi connectivity index (χ0n) is 7.19. The van der Waals surface area contributed by atoms with Gasteiger partial charge in [-0.15, -0.1) is 0 Å². The van der Waals surface area contributed by atoms with Crippen molar-refractivity contribution in [1.82, 2.24) is 14.9 Å². The second-order valence-electron chi connectivity index (χ2n) is 2.66. The van der Waals surface area contributed by atoms with E-state index in [9.17, 15) is 0 Å². The maximum atomic E-state index is 4.90. The van der Waals surface area contributed by atoms with Gasteiger partial charge in [0.1, 0.15) is 6.33 Å². The number of hydrogen-bond donors (Lipinski definition) is 1. The van der Waals surface area contributed by atoms with Gasteiger partial charge in [-0.1, -0.05) is 13.8 Å². The Balaban J connectivity index is 2.69. The van der Waals surface area contributed by atoms with E-state index in [1.165, 1.54) is 0 Å². The molecule has 0 spiro atoms. The SMILES string of the molecule is CCC(C)/C=N/n1cn[nH]c1=S. The molecule has 0 bridgehead atoms. The number of hydrogen-bond acceptors (Lipinski definition) is 3. The molecule has 0 aliphatic rings. The van der Waals surface area contributed by atoms with Gasteiger partial charge in [0.25, 0.3) is 0 Å². The third-order valence-electron chi connectivity index (χ3n) is 1.62. The second kappa shape index (κ2) is 4.15. The Bertz CT molecular complexity index is 311. The van der Waals surface area contributed by atoms with Crippen LogP contribution in [0.2, 0.25) is 0 Å². The van der Waals surface area contributed by atoms with Crippen LogP contribution >= 0.6 is 12.2 Å². The maximum Gasteiger partial charge on any atom is 0.216 e. The van der Waals surface area contributed by atoms with Gasteiger partial charge in [0.2, 0.25) is 4.77 Å². The maximum absolute atomic E-state index is 4.90. The summed E-state index contributed by atoms with van der Waals surface area (Å²) in [6.45, 7) is 4.22. The number of nitrogens with one attached hydrogen (secondary N) is 1. The molecule has 0 aliphatic heterocycles. The smallest absolute Gasteiger partial charge is 0.216 e. The molecule has 4 nitrogen and oxygen atoms in total. The molecule has 1 rings (SSSR count). The average Bonchev–Trinajstić information content (AvgIpc) is 2.47. The quantitative estimate of drug-likeness (QED) is 0.575. The van der Waals surface area contributed by atoms with E-state index in [0.717, 1.165) is 6.42 Å². The van der Waals surface area contributed by atoms with Crippen molar-refractivity contribution in [2.75, 3.05) is 0 Å². The Hall–Kier alpha value is -0.970. The highest BCUT2D eigenvalue weighted by Crippen LogP contribution is 1.96. The Morgan fingerprint density at radius 1 is 1.92 bits per heavy atom. The minimum Gasteiger partial charge on any atom is -0.250 e. The van der Waals surface area contributed by atoms with Gasteiger partial charge < -0.3 is 0 Å². The van der Waals surface area contributed by atoms with Crippen LogP contribution in [0.4, 0.5) is 0 Å². The third-order valence-corrected chi connectivity index (χ3v) is 1.90. The summed E-state index contributed by atoms with van der Waals surface area (Å²) >= 11 is 4.90. The highest BCUT2D eigenvalue weighted by atomic mass is 32.1. The summed E-state index contributed by atoms with van der Waals surface area (Å²) < 4.78 is 2.07. The lowest BCUT2D eigenvalue weighted by Crippen LogP contribution is -1.96. The van der Waals surface area contributed by atoms with Crippen molar-refractivity contribution < 1.29 is 0 Å². The fourth-order valence-electron chi connectivity index (χ4n) is 0.616. The molecule has 1 atom stereocenters. The second-order valence-corrected chi connectivity index (χ2v) is 3.04. The first-order chi connectivity index (χ1) is 5.74. The lowest BCUT2D eigenvalue weighted by atomic mass is 10.1. The van der Waals surface area contributed by atoms with Crippen molar-refractivity contribution in [3.63, 3.8) is 0 Å². The first-order valence-electron chi connectivity index (χ1n) is 3.90. The van der Waals surface area contributed by atoms with Crippen LogP contribution in [0.15, 0.2) is 11.4 Å². The van der Waals surface area contributed by atoms with E-state index >= 15 is 0 Å². The lowest BCUT2D eigenvalue weighted by molar-refractivity contribution is 0.737. The van der Waals surface area contributed by atoms with E-state index in [-0.39, 0.29) is 0 Å². The summed E-state index contributed by atoms with van der Waals surface area (Å²) in [5, 5.41) is 10.5. The van der Waals surface area contributed by atoms with Crippen LogP contribution in [0.1, 0.15) is 20.3 Å². The van der Waals surface area contributed by atoms with Gasteiger partial charge in [0, 0.05) is 6.21 Å². The molecule has 0 aromatic carbocycles. The number of aromatic amines is 1. The van der Waals surface area contributed by atoms with Gasteiger partial charge in [-0.2, -0.15) is 14.9 Å². The molecule has 1 aromatic rings. The van der Waals surface area contributed by atoms with Gasteiger partial charge >= 0.3 is 0 Å². The fourth-order valence-corrected chi connectivity index (χ4v) is 0.763. The van der Waals surface area contributed by atoms with Crippen molar-refractivity contribution in [1.29, 1.82) is 0 Å². The minimum absolute atomic E-state index is 0.474. The van der Waals surface area contributed by atoms with Crippen molar-refractivity contribution in [3.8, 4) is 0 Å². The molecular formula is C7H12N4S. The molecule has 1 aromatic heterocycles. The Morgan fingerprint density at radius 3 is 3.17 bits per heavy atom. The zero-order chi connectivity index (χ0) is 8.97. The van der Waals surface area contributed by atoms with E-state index in [1.807, 2.05) is 6.21 Å². The molecule has 5 heteroatoms. The van der Waals surface area contributed by atoms with Crippen LogP contribution in [-0.4, -0.2) is 21.1 Å². The molecule has 0 radical (unpaired) electrons. The van der Waals surface area contributed by atoms with Crippen LogP contribution in [0.5, 0.6) is 0 Å². The van der Waals surface area contributed by atoms with Gasteiger partial charge in [-0.05, 0) is 24.6 Å². The summed E-state index contributed by atoms with van der Waals surface area (Å²) in [5.74, 6) is 0.474. The van der Waals surface area contributed by atoms with Crippen LogP contribution < -0.4 is 0 Å². The van der Waals surface area contributed by atoms with Crippen LogP contribution in [0, 0.1) is 10.7 Å². The highest BCUT2D eigenvalue weighted by Gasteiger charge is 1.92. The Kier molecular flexibility index (Phi) is 3.16. The zero-order valence-corrected chi connectivity index (χ0v) is 8.01. The fraction of sp³-hybridized carbons (Fsp3) is 0.571. The summed E-state index contributed by atoms with van der Waals surface area (Å²) in [4.78, 5) is 0. The average molecular weight is 184 g/mol. The Labute approximate surface area is 76.3 Å². The summed E-state index contributed by atoms with van der Waals surface area (Å²) in [6, 6.07) is 0. The van der Waals surface area contributed by atoms with Crippen molar-refractivity contribution >= 4 is 18.4 Å². The molecule has 1 N–H and O–H groups in total. The summed E-state index contributed by atoms with van der Waals surface area (Å²) in [5.41, 5.74) is 0. The predicted octanol–water partition coefficient (Wildman–Crippen LogP) is 1.82. The predicted molar refractivity (Wildman–Crippen MR) is 50.8 cm³/mol. The molecule has 0 amide bonds. The molecule has 0 saturated heterocycles. The lowest BCUT2D eigenvalue weighted by Gasteiger charge is -1.97. The first kappa shape index (κ1) is 9.12. The molecule has 0 fully saturated rings. The van der Waals surface area contributed by atoms with Gasteiger partial charge in [0.15, 0.2) is 0 Å². The number of nitrogens with zero attached hydrogens (tertiary/aromatic N) is 3. The summed E-state index contributed by atoms with van der Waals surface area (Å²) in [6.07, 6.45) is 4.50. The summed E-state index contributed by atoms with van der Waals surface area (Å²) in [7, 11) is 0. The van der Waals surface area contributed by atoms with E-state index < -0.39 is 0 Å². The van der Waals surface area contributed by atoms with Crippen molar-refractivity contribution in [3.05, 3.63) is 11.1 Å². The van der Waals surface area contributed by atoms with Crippen LogP contribution in [0.25, 0.3) is 0 Å². The van der Waals surface area contributed by atoms with Gasteiger partial charge in [-0.25, -0.2) is 0 Å². The number of H-pyrrole nitrogens is 1. The largest absolute Gasteiger partial charge is 0.250 e. The molecule has 1 heterocycles. The molecule has 1 unspecified atom stereocenters. The topological polar surface area (TPSA) is 46.0 Å². The van der Waals surface area contributed by atoms with E-state index in [4.69, 9.17) is 12.2 Å². The molecule has 0 saturated carbocycles. The molecule has 12 heavy (non-hydrogen) atoms. The van der Waals surface area contributed by atoms with Gasteiger partial charge in [0.05, 0.1) is 0 Å². The molecule has 66 valence electrons. The van der Waals surface area contributed by atoms with E-state index in [0.29, 0.717) is 10.7 Å². The monoisotopic (exact) mass is 184 g/mol. The van der Waals surface area contributed by atoms with Crippen LogP contribution in [-0.2, 0) is 0 Å². The standard InChI is InChI=1S/C7H12N4S/c1-3-6(2)4-9-11-5-8-10-7(11)12/h4-6H,3H2,1-2H3,(H,10,12)/b9-4+. The first-order valence-corrected chi connectivity index (χ1v) is 4.31. The van der Waals surface area contributed by atoms with Crippen LogP contribution in [0.3, 0.4) is 0 Å². The van der Waals surface area contributed by atoms with Gasteiger partial charge in [-0.3, -0.25) is 5.10 Å². The van der Waals surface area contributed by atoms with E-state index in [2.05, 4.69) is 29.1 Å². The third kappa shape index (κ3) is 2.27. The number of rotatable bonds is 3. The normalized spacial score (nSPS) is 13.8. The molecule has 0 aliphatic carbocycles. The Morgan fingerprint density at radius 2 is 2.67 bits per heavy atom. The van der Waals surface area contributed by atoms with E-state index in [1.54, 1.807) is 11.0 Å². The van der Waals surface area contributed by atoms with Crippen molar-refractivity contribution in [2.45, 2.75) is 20.3 Å². The number of aromatic nitrogens is 3. The van der Waals surface area contributed by atoms with Crippen molar-refractivity contribution in [2.24, 2.45) is 11.0 Å².